The van der Waals surface area contributed by atoms with Gasteiger partial charge in [0.25, 0.3) is 0 Å². The highest BCUT2D eigenvalue weighted by atomic mass is 16.5. The smallest absolute Gasteiger partial charge is 0.121 e. The van der Waals surface area contributed by atoms with Gasteiger partial charge < -0.3 is 20.9 Å². The zero-order valence-corrected chi connectivity index (χ0v) is 9.16. The van der Waals surface area contributed by atoms with Gasteiger partial charge in [0.2, 0.25) is 0 Å². The van der Waals surface area contributed by atoms with Gasteiger partial charge in [0.05, 0.1) is 24.6 Å². The van der Waals surface area contributed by atoms with Crippen molar-refractivity contribution in [2.45, 2.75) is 19.4 Å². The fourth-order valence-corrected chi connectivity index (χ4v) is 1.19. The fourth-order valence-electron chi connectivity index (χ4n) is 1.19. The van der Waals surface area contributed by atoms with E-state index in [9.17, 15) is 5.11 Å². The molecule has 84 valence electrons. The first kappa shape index (κ1) is 11.7. The third kappa shape index (κ3) is 3.32. The van der Waals surface area contributed by atoms with E-state index in [4.69, 9.17) is 10.5 Å². The van der Waals surface area contributed by atoms with Crippen molar-refractivity contribution in [3.63, 3.8) is 0 Å². The third-order valence-electron chi connectivity index (χ3n) is 2.26. The number of nitrogen functional groups attached to an aromatic ring is 1. The van der Waals surface area contributed by atoms with E-state index in [-0.39, 0.29) is 6.10 Å². The average Bonchev–Trinajstić information content (AvgIpc) is 2.27. The Morgan fingerprint density at radius 2 is 2.27 bits per heavy atom. The number of methoxy groups -OCH3 is 1. The molecule has 0 spiro atoms. The maximum Gasteiger partial charge on any atom is 0.121 e. The van der Waals surface area contributed by atoms with Crippen molar-refractivity contribution in [1.29, 1.82) is 0 Å². The van der Waals surface area contributed by atoms with Crippen LogP contribution in [0.1, 0.15) is 13.3 Å². The normalized spacial score (nSPS) is 12.2. The summed E-state index contributed by atoms with van der Waals surface area (Å²) in [6.07, 6.45) is 0.368. The lowest BCUT2D eigenvalue weighted by atomic mass is 10.2. The molecular weight excluding hydrogens is 192 g/mol. The molecule has 4 heteroatoms. The maximum absolute atomic E-state index is 9.40. The number of aliphatic hydroxyl groups is 1. The van der Waals surface area contributed by atoms with Crippen molar-refractivity contribution < 1.29 is 9.84 Å². The van der Waals surface area contributed by atoms with Crippen molar-refractivity contribution in [3.8, 4) is 5.75 Å². The summed E-state index contributed by atoms with van der Waals surface area (Å²) in [5, 5.41) is 12.5. The first-order valence-corrected chi connectivity index (χ1v) is 5.02. The Hall–Kier alpha value is -1.42. The second-order valence-corrected chi connectivity index (χ2v) is 3.40. The highest BCUT2D eigenvalue weighted by Crippen LogP contribution is 2.24. The van der Waals surface area contributed by atoms with Crippen LogP contribution in [-0.4, -0.2) is 24.9 Å². The van der Waals surface area contributed by atoms with Crippen molar-refractivity contribution >= 4 is 11.4 Å². The largest absolute Gasteiger partial charge is 0.497 e. The van der Waals surface area contributed by atoms with Gasteiger partial charge in [-0.3, -0.25) is 0 Å². The molecule has 0 saturated heterocycles. The molecule has 0 aliphatic carbocycles. The predicted molar refractivity (Wildman–Crippen MR) is 62.2 cm³/mol. The van der Waals surface area contributed by atoms with E-state index in [1.165, 1.54) is 0 Å². The van der Waals surface area contributed by atoms with Crippen LogP contribution in [0.5, 0.6) is 5.75 Å². The second kappa shape index (κ2) is 5.46. The molecule has 0 amide bonds. The van der Waals surface area contributed by atoms with Crippen LogP contribution in [0.3, 0.4) is 0 Å². The maximum atomic E-state index is 9.40. The number of nitrogens with two attached hydrogens (primary N) is 1. The van der Waals surface area contributed by atoms with Gasteiger partial charge in [-0.25, -0.2) is 0 Å². The molecule has 1 aromatic carbocycles. The van der Waals surface area contributed by atoms with Crippen molar-refractivity contribution in [2.24, 2.45) is 0 Å². The molecule has 0 aliphatic heterocycles. The number of anilines is 2. The first-order chi connectivity index (χ1) is 7.17. The van der Waals surface area contributed by atoms with E-state index in [0.717, 1.165) is 17.9 Å². The van der Waals surface area contributed by atoms with Crippen LogP contribution in [0.4, 0.5) is 11.4 Å². The molecule has 0 aromatic heterocycles. The van der Waals surface area contributed by atoms with Gasteiger partial charge in [-0.2, -0.15) is 0 Å². The van der Waals surface area contributed by atoms with E-state index in [0.29, 0.717) is 12.2 Å². The number of aliphatic hydroxyl groups excluding tert-OH is 1. The van der Waals surface area contributed by atoms with Crippen LogP contribution in [0, 0.1) is 0 Å². The molecule has 0 aliphatic rings. The highest BCUT2D eigenvalue weighted by molar-refractivity contribution is 5.68. The summed E-state index contributed by atoms with van der Waals surface area (Å²) >= 11 is 0. The van der Waals surface area contributed by atoms with Crippen molar-refractivity contribution in [2.75, 3.05) is 24.7 Å². The van der Waals surface area contributed by atoms with Gasteiger partial charge in [-0.1, -0.05) is 6.92 Å². The second-order valence-electron chi connectivity index (χ2n) is 3.40. The Labute approximate surface area is 90.1 Å². The van der Waals surface area contributed by atoms with Gasteiger partial charge in [0, 0.05) is 12.6 Å². The summed E-state index contributed by atoms with van der Waals surface area (Å²) in [5.41, 5.74) is 7.22. The summed E-state index contributed by atoms with van der Waals surface area (Å²) in [6.45, 7) is 2.43. The molecular formula is C11H18N2O2. The lowest BCUT2D eigenvalue weighted by Crippen LogP contribution is -2.18. The number of hydrogen-bond donors (Lipinski definition) is 3. The standard InChI is InChI=1S/C11H18N2O2/c1-3-8(14)7-13-11-6-9(15-2)4-5-10(11)12/h4-6,8,13-14H,3,7,12H2,1-2H3. The van der Waals surface area contributed by atoms with E-state index in [1.807, 2.05) is 13.0 Å². The van der Waals surface area contributed by atoms with Crippen LogP contribution in [0.25, 0.3) is 0 Å². The summed E-state index contributed by atoms with van der Waals surface area (Å²) in [4.78, 5) is 0. The number of benzene rings is 1. The van der Waals surface area contributed by atoms with Crippen LogP contribution in [-0.2, 0) is 0 Å². The van der Waals surface area contributed by atoms with E-state index in [1.54, 1.807) is 19.2 Å². The SMILES string of the molecule is CCC(O)CNc1cc(OC)ccc1N. The summed E-state index contributed by atoms with van der Waals surface area (Å²) in [6, 6.07) is 5.40. The number of nitrogens with one attached hydrogen (secondary N) is 1. The molecule has 0 fully saturated rings. The monoisotopic (exact) mass is 210 g/mol. The molecule has 0 heterocycles. The Kier molecular flexibility index (Phi) is 4.24. The minimum Gasteiger partial charge on any atom is -0.497 e. The Morgan fingerprint density at radius 3 is 2.87 bits per heavy atom. The molecule has 0 bridgehead atoms. The van der Waals surface area contributed by atoms with Crippen molar-refractivity contribution in [1.82, 2.24) is 0 Å². The fraction of sp³-hybridized carbons (Fsp3) is 0.455. The first-order valence-electron chi connectivity index (χ1n) is 5.02. The molecule has 1 aromatic rings. The molecule has 0 saturated carbocycles. The molecule has 4 nitrogen and oxygen atoms in total. The summed E-state index contributed by atoms with van der Waals surface area (Å²) in [7, 11) is 1.61. The zero-order valence-electron chi connectivity index (χ0n) is 9.16. The lowest BCUT2D eigenvalue weighted by molar-refractivity contribution is 0.183. The molecule has 15 heavy (non-hydrogen) atoms. The zero-order chi connectivity index (χ0) is 11.3. The van der Waals surface area contributed by atoms with Crippen molar-refractivity contribution in [3.05, 3.63) is 18.2 Å². The molecule has 1 unspecified atom stereocenters. The quantitative estimate of drug-likeness (QED) is 0.644. The third-order valence-corrected chi connectivity index (χ3v) is 2.26. The van der Waals surface area contributed by atoms with Gasteiger partial charge in [0.15, 0.2) is 0 Å². The number of hydrogen-bond acceptors (Lipinski definition) is 4. The van der Waals surface area contributed by atoms with Crippen LogP contribution in [0.15, 0.2) is 18.2 Å². The highest BCUT2D eigenvalue weighted by Gasteiger charge is 2.04. The minimum absolute atomic E-state index is 0.351. The molecule has 1 atom stereocenters. The van der Waals surface area contributed by atoms with Gasteiger partial charge in [0.1, 0.15) is 5.75 Å². The van der Waals surface area contributed by atoms with Crippen LogP contribution < -0.4 is 15.8 Å². The summed E-state index contributed by atoms with van der Waals surface area (Å²) in [5.74, 6) is 0.748. The average molecular weight is 210 g/mol. The Balaban J connectivity index is 2.66. The predicted octanol–water partition coefficient (Wildman–Crippen LogP) is 1.46. The van der Waals surface area contributed by atoms with Gasteiger partial charge in [-0.05, 0) is 18.6 Å². The van der Waals surface area contributed by atoms with E-state index >= 15 is 0 Å². The number of rotatable bonds is 5. The van der Waals surface area contributed by atoms with E-state index < -0.39 is 0 Å². The van der Waals surface area contributed by atoms with Gasteiger partial charge >= 0.3 is 0 Å². The van der Waals surface area contributed by atoms with Crippen LogP contribution >= 0.6 is 0 Å². The Morgan fingerprint density at radius 1 is 1.53 bits per heavy atom. The summed E-state index contributed by atoms with van der Waals surface area (Å²) < 4.78 is 5.08. The topological polar surface area (TPSA) is 67.5 Å². The molecule has 0 radical (unpaired) electrons. The number of ether oxygens (including phenoxy) is 1. The molecule has 1 rings (SSSR count). The lowest BCUT2D eigenvalue weighted by Gasteiger charge is -2.13. The Bertz CT molecular complexity index is 315. The minimum atomic E-state index is -0.351. The molecule has 4 N–H and O–H groups in total. The van der Waals surface area contributed by atoms with E-state index in [2.05, 4.69) is 5.32 Å². The van der Waals surface area contributed by atoms with Gasteiger partial charge in [-0.15, -0.1) is 0 Å². The van der Waals surface area contributed by atoms with Crippen LogP contribution in [0.2, 0.25) is 0 Å².